The van der Waals surface area contributed by atoms with E-state index in [0.717, 1.165) is 18.2 Å². The molecule has 1 aromatic carbocycles. The molecule has 86 valence electrons. The molecule has 2 N–H and O–H groups in total. The zero-order valence-electron chi connectivity index (χ0n) is 8.58. The first kappa shape index (κ1) is 16.4. The number of rotatable bonds is 5. The Morgan fingerprint density at radius 2 is 1.88 bits per heavy atom. The van der Waals surface area contributed by atoms with E-state index in [0.29, 0.717) is 12.0 Å². The van der Waals surface area contributed by atoms with Crippen molar-refractivity contribution in [2.24, 2.45) is 0 Å². The molecule has 0 amide bonds. The maximum atomic E-state index is 10.7. The largest absolute Gasteiger partial charge is 1.00 e. The summed E-state index contributed by atoms with van der Waals surface area (Å²) in [5, 5.41) is 30.1. The van der Waals surface area contributed by atoms with Crippen LogP contribution >= 0.6 is 12.0 Å². The Balaban J connectivity index is 0.00000256. The van der Waals surface area contributed by atoms with Gasteiger partial charge in [-0.05, 0) is 18.2 Å². The fourth-order valence-electron chi connectivity index (χ4n) is 0.952. The standard InChI is InChI=1S/C8H6O7S.Na/c9-7(10)4-1-2-5(8(11)12)6(3-4)16-15-14-13;/h1-3,13H,(H,9,10)(H,11,12);/q;+1/p-1. The third kappa shape index (κ3) is 4.64. The number of hydrogen-bond donors (Lipinski definition) is 2. The summed E-state index contributed by atoms with van der Waals surface area (Å²) in [4.78, 5) is 21.3. The van der Waals surface area contributed by atoms with Gasteiger partial charge in [0.1, 0.15) is 0 Å². The molecule has 0 fully saturated rings. The molecule has 0 spiro atoms. The molecule has 0 heterocycles. The maximum absolute atomic E-state index is 10.7. The van der Waals surface area contributed by atoms with Crippen LogP contribution in [0, 0.1) is 0 Å². The van der Waals surface area contributed by atoms with Crippen LogP contribution in [0.4, 0.5) is 0 Å². The summed E-state index contributed by atoms with van der Waals surface area (Å²) in [5.74, 6) is -2.49. The number of aromatic carboxylic acids is 2. The molecule has 0 unspecified atom stereocenters. The molecule has 0 aliphatic heterocycles. The summed E-state index contributed by atoms with van der Waals surface area (Å²) in [6.07, 6.45) is 0. The second-order valence-corrected chi connectivity index (χ2v) is 3.28. The molecular formula is C8H5NaO7S. The van der Waals surface area contributed by atoms with Crippen molar-refractivity contribution in [3.63, 3.8) is 0 Å². The van der Waals surface area contributed by atoms with Gasteiger partial charge in [-0.1, -0.05) is 0 Å². The average Bonchev–Trinajstić information content (AvgIpc) is 2.25. The fraction of sp³-hybridized carbons (Fsp3) is 0. The molecule has 0 radical (unpaired) electrons. The number of carboxylic acid groups (broad SMARTS) is 2. The van der Waals surface area contributed by atoms with Gasteiger partial charge in [-0.3, -0.25) is 5.04 Å². The minimum Gasteiger partial charge on any atom is -0.691 e. The van der Waals surface area contributed by atoms with Crippen LogP contribution in [0.3, 0.4) is 0 Å². The Morgan fingerprint density at radius 3 is 2.35 bits per heavy atom. The predicted molar refractivity (Wildman–Crippen MR) is 48.4 cm³/mol. The van der Waals surface area contributed by atoms with Gasteiger partial charge in [0.25, 0.3) is 0 Å². The predicted octanol–water partition coefficient (Wildman–Crippen LogP) is -2.68. The van der Waals surface area contributed by atoms with E-state index in [4.69, 9.17) is 10.2 Å². The van der Waals surface area contributed by atoms with Gasteiger partial charge >= 0.3 is 41.5 Å². The zero-order chi connectivity index (χ0) is 12.1. The Labute approximate surface area is 122 Å². The van der Waals surface area contributed by atoms with Crippen molar-refractivity contribution in [2.75, 3.05) is 0 Å². The summed E-state index contributed by atoms with van der Waals surface area (Å²) in [7, 11) is 0. The second kappa shape index (κ2) is 7.67. The van der Waals surface area contributed by atoms with Gasteiger partial charge in [-0.2, -0.15) is 4.33 Å². The van der Waals surface area contributed by atoms with Crippen molar-refractivity contribution in [1.29, 1.82) is 0 Å². The van der Waals surface area contributed by atoms with E-state index in [1.54, 1.807) is 0 Å². The van der Waals surface area contributed by atoms with Gasteiger partial charge in [-0.25, -0.2) is 9.59 Å². The molecule has 0 aliphatic rings. The van der Waals surface area contributed by atoms with Crippen LogP contribution in [0.5, 0.6) is 0 Å². The van der Waals surface area contributed by atoms with Crippen LogP contribution < -0.4 is 34.8 Å². The van der Waals surface area contributed by atoms with Crippen molar-refractivity contribution in [1.82, 2.24) is 0 Å². The zero-order valence-corrected chi connectivity index (χ0v) is 11.4. The van der Waals surface area contributed by atoms with E-state index in [1.807, 2.05) is 0 Å². The number of benzene rings is 1. The third-order valence-electron chi connectivity index (χ3n) is 1.61. The molecular weight excluding hydrogens is 263 g/mol. The Hall–Kier alpha value is -0.610. The smallest absolute Gasteiger partial charge is 0.691 e. The van der Waals surface area contributed by atoms with Crippen molar-refractivity contribution >= 4 is 24.0 Å². The van der Waals surface area contributed by atoms with Crippen LogP contribution in [0.1, 0.15) is 20.7 Å². The molecule has 0 saturated heterocycles. The Morgan fingerprint density at radius 1 is 1.24 bits per heavy atom. The number of hydrogen-bond acceptors (Lipinski definition) is 6. The summed E-state index contributed by atoms with van der Waals surface area (Å²) < 4.78 is 3.95. The number of carbonyl (C=O) groups is 2. The van der Waals surface area contributed by atoms with E-state index in [1.165, 1.54) is 0 Å². The minimum absolute atomic E-state index is 0. The van der Waals surface area contributed by atoms with Crippen molar-refractivity contribution in [3.8, 4) is 0 Å². The molecule has 0 atom stereocenters. The number of carboxylic acids is 2. The Bertz CT molecular complexity index is 422. The monoisotopic (exact) mass is 268 g/mol. The van der Waals surface area contributed by atoms with Gasteiger partial charge < -0.3 is 15.5 Å². The molecule has 0 aliphatic carbocycles. The van der Waals surface area contributed by atoms with Crippen LogP contribution in [0.2, 0.25) is 0 Å². The van der Waals surface area contributed by atoms with E-state index < -0.39 is 11.9 Å². The first-order chi connectivity index (χ1) is 7.56. The van der Waals surface area contributed by atoms with Gasteiger partial charge in [0.15, 0.2) is 0 Å². The molecule has 0 bridgehead atoms. The Kier molecular flexibility index (Phi) is 7.39. The first-order valence-electron chi connectivity index (χ1n) is 3.80. The molecule has 1 aromatic rings. The molecule has 17 heavy (non-hydrogen) atoms. The first-order valence-corrected chi connectivity index (χ1v) is 4.54. The summed E-state index contributed by atoms with van der Waals surface area (Å²) in [6, 6.07) is 3.30. The van der Waals surface area contributed by atoms with Gasteiger partial charge in [-0.15, -0.1) is 0 Å². The van der Waals surface area contributed by atoms with Gasteiger partial charge in [0.05, 0.1) is 28.1 Å². The van der Waals surface area contributed by atoms with E-state index >= 15 is 0 Å². The van der Waals surface area contributed by atoms with Gasteiger partial charge in [0, 0.05) is 0 Å². The molecule has 9 heteroatoms. The maximum Gasteiger partial charge on any atom is 1.00 e. The van der Waals surface area contributed by atoms with Crippen LogP contribution in [-0.4, -0.2) is 22.2 Å². The van der Waals surface area contributed by atoms with E-state index in [9.17, 15) is 14.8 Å². The van der Waals surface area contributed by atoms with Crippen molar-refractivity contribution in [3.05, 3.63) is 29.3 Å². The molecule has 0 aromatic heterocycles. The third-order valence-corrected chi connectivity index (χ3v) is 2.25. The molecule has 7 nitrogen and oxygen atoms in total. The van der Waals surface area contributed by atoms with Crippen LogP contribution in [0.15, 0.2) is 23.1 Å². The van der Waals surface area contributed by atoms with E-state index in [-0.39, 0.29) is 45.6 Å². The SMILES string of the molecule is O=C(O)c1ccc(C(=O)O)c(SOO[O-])c1.[Na+]. The normalized spacial score (nSPS) is 9.47. The summed E-state index contributed by atoms with van der Waals surface area (Å²) >= 11 is 0.328. The topological polar surface area (TPSA) is 116 Å². The van der Waals surface area contributed by atoms with E-state index in [2.05, 4.69) is 9.37 Å². The second-order valence-electron chi connectivity index (χ2n) is 2.54. The van der Waals surface area contributed by atoms with Crippen molar-refractivity contribution < 1.29 is 64.0 Å². The van der Waals surface area contributed by atoms with Gasteiger partial charge in [0.2, 0.25) is 0 Å². The molecule has 0 saturated carbocycles. The fourth-order valence-corrected chi connectivity index (χ4v) is 1.47. The molecule has 1 rings (SSSR count). The summed E-state index contributed by atoms with van der Waals surface area (Å²) in [6.45, 7) is 0. The average molecular weight is 268 g/mol. The minimum atomic E-state index is -1.27. The van der Waals surface area contributed by atoms with Crippen LogP contribution in [-0.2, 0) is 9.37 Å². The van der Waals surface area contributed by atoms with Crippen LogP contribution in [0.25, 0.3) is 0 Å². The summed E-state index contributed by atoms with van der Waals surface area (Å²) in [5.41, 5.74) is -0.311. The quantitative estimate of drug-likeness (QED) is 0.257. The van der Waals surface area contributed by atoms with Crippen molar-refractivity contribution in [2.45, 2.75) is 4.90 Å².